The fourth-order valence-electron chi connectivity index (χ4n) is 5.55. The van der Waals surface area contributed by atoms with E-state index in [0.29, 0.717) is 17.3 Å². The summed E-state index contributed by atoms with van der Waals surface area (Å²) in [7, 11) is 0. The number of anilines is 1. The van der Waals surface area contributed by atoms with Crippen molar-refractivity contribution in [2.24, 2.45) is 17.8 Å². The minimum Gasteiger partial charge on any atom is -0.449 e. The van der Waals surface area contributed by atoms with E-state index in [1.165, 1.54) is 10.4 Å². The maximum Gasteiger partial charge on any atom is 0.511 e. The van der Waals surface area contributed by atoms with Crippen LogP contribution in [-0.4, -0.2) is 22.2 Å². The van der Waals surface area contributed by atoms with Crippen LogP contribution in [0.4, 0.5) is 9.80 Å². The van der Waals surface area contributed by atoms with Crippen LogP contribution < -0.4 is 5.32 Å². The Balaban J connectivity index is 1.53. The summed E-state index contributed by atoms with van der Waals surface area (Å²) >= 11 is 3.28. The van der Waals surface area contributed by atoms with E-state index in [0.717, 1.165) is 72.6 Å². The Morgan fingerprint density at radius 3 is 2.62 bits per heavy atom. The first-order chi connectivity index (χ1) is 15.4. The van der Waals surface area contributed by atoms with Crippen LogP contribution in [0.25, 0.3) is 10.6 Å². The number of hydrogen-bond donors (Lipinski definition) is 2. The smallest absolute Gasteiger partial charge is 0.449 e. The van der Waals surface area contributed by atoms with E-state index in [-0.39, 0.29) is 17.7 Å². The van der Waals surface area contributed by atoms with Gasteiger partial charge in [0.1, 0.15) is 15.8 Å². The van der Waals surface area contributed by atoms with E-state index in [9.17, 15) is 14.7 Å². The molecular formula is C24H28N2O4S2. The zero-order valence-electron chi connectivity index (χ0n) is 18.4. The third kappa shape index (κ3) is 3.88. The molecule has 4 aliphatic rings. The second-order valence-corrected chi connectivity index (χ2v) is 11.1. The summed E-state index contributed by atoms with van der Waals surface area (Å²) in [5.74, 6) is 0.939. The fourth-order valence-corrected chi connectivity index (χ4v) is 7.85. The number of rotatable bonds is 5. The van der Waals surface area contributed by atoms with E-state index < -0.39 is 6.16 Å². The SMILES string of the molecule is CC[C@@H]1CCc2c(sc(NC(=O)C3=C(OC(=O)O)C4CCC3CC4)c2-c2nc(C)cs2)C1. The number of carbonyl (C=O) groups excluding carboxylic acids is 1. The number of nitrogens with one attached hydrogen (secondary N) is 1. The standard InChI is InChI=1S/C24H28N2O4S2/c1-3-13-4-9-16-17(10-13)32-23(19(16)22-25-12(2)11-31-22)26-21(27)18-14-5-7-15(8-6-14)20(18)30-24(28)29/h11,13-15H,3-10H2,1-2H3,(H,26,27)(H,28,29)/t13-,14?,15?/m1/s1. The van der Waals surface area contributed by atoms with Gasteiger partial charge >= 0.3 is 6.16 Å². The van der Waals surface area contributed by atoms with Crippen molar-refractivity contribution >= 4 is 39.7 Å². The zero-order valence-corrected chi connectivity index (χ0v) is 20.0. The highest BCUT2D eigenvalue weighted by Gasteiger charge is 2.41. The number of nitrogens with zero attached hydrogens (tertiary/aromatic N) is 1. The number of thiazole rings is 1. The van der Waals surface area contributed by atoms with Crippen molar-refractivity contribution in [2.45, 2.75) is 65.2 Å². The van der Waals surface area contributed by atoms with Gasteiger partial charge in [-0.1, -0.05) is 13.3 Å². The van der Waals surface area contributed by atoms with Gasteiger partial charge in [-0.3, -0.25) is 4.79 Å². The second kappa shape index (κ2) is 8.63. The average Bonchev–Trinajstić information content (AvgIpc) is 3.35. The molecule has 2 aromatic rings. The highest BCUT2D eigenvalue weighted by Crippen LogP contribution is 2.49. The number of allylic oxidation sites excluding steroid dienone is 1. The van der Waals surface area contributed by atoms with Crippen LogP contribution in [0.1, 0.15) is 61.6 Å². The van der Waals surface area contributed by atoms with Crippen LogP contribution in [-0.2, 0) is 22.4 Å². The van der Waals surface area contributed by atoms with Crippen molar-refractivity contribution in [3.05, 3.63) is 32.8 Å². The Bertz CT molecular complexity index is 1090. The molecule has 1 saturated carbocycles. The van der Waals surface area contributed by atoms with Crippen molar-refractivity contribution in [1.82, 2.24) is 4.98 Å². The monoisotopic (exact) mass is 472 g/mol. The van der Waals surface area contributed by atoms with Gasteiger partial charge in [-0.05, 0) is 69.3 Å². The molecule has 170 valence electrons. The number of ether oxygens (including phenoxy) is 1. The Hall–Kier alpha value is -2.19. The molecule has 32 heavy (non-hydrogen) atoms. The lowest BCUT2D eigenvalue weighted by atomic mass is 9.70. The maximum atomic E-state index is 13.5. The minimum absolute atomic E-state index is 0.0276. The van der Waals surface area contributed by atoms with Gasteiger partial charge in [0.25, 0.3) is 5.91 Å². The summed E-state index contributed by atoms with van der Waals surface area (Å²) in [4.78, 5) is 30.9. The number of hydrogen-bond acceptors (Lipinski definition) is 6. The van der Waals surface area contributed by atoms with Gasteiger partial charge < -0.3 is 15.2 Å². The Morgan fingerprint density at radius 2 is 1.97 bits per heavy atom. The third-order valence-electron chi connectivity index (χ3n) is 7.22. The van der Waals surface area contributed by atoms with Gasteiger partial charge in [-0.25, -0.2) is 9.78 Å². The van der Waals surface area contributed by atoms with Crippen molar-refractivity contribution in [2.75, 3.05) is 5.32 Å². The summed E-state index contributed by atoms with van der Waals surface area (Å²) in [5.41, 5.74) is 3.90. The number of fused-ring (bicyclic) bond motifs is 3. The van der Waals surface area contributed by atoms with Crippen LogP contribution in [0.15, 0.2) is 16.7 Å². The highest BCUT2D eigenvalue weighted by molar-refractivity contribution is 7.18. The molecule has 2 aromatic heterocycles. The van der Waals surface area contributed by atoms with Gasteiger partial charge in [0, 0.05) is 27.4 Å². The third-order valence-corrected chi connectivity index (χ3v) is 9.37. The first-order valence-corrected chi connectivity index (χ1v) is 13.2. The molecule has 0 aromatic carbocycles. The van der Waals surface area contributed by atoms with Crippen molar-refractivity contribution in [1.29, 1.82) is 0 Å². The first kappa shape index (κ1) is 21.6. The highest BCUT2D eigenvalue weighted by atomic mass is 32.1. The molecule has 4 aliphatic carbocycles. The Kier molecular flexibility index (Phi) is 5.84. The van der Waals surface area contributed by atoms with Crippen LogP contribution in [0, 0.1) is 24.7 Å². The summed E-state index contributed by atoms with van der Waals surface area (Å²) in [6.45, 7) is 4.23. The normalized spacial score (nSPS) is 24.4. The Labute approximate surface area is 195 Å². The van der Waals surface area contributed by atoms with Crippen molar-refractivity contribution in [3.8, 4) is 10.6 Å². The van der Waals surface area contributed by atoms with E-state index in [1.54, 1.807) is 22.7 Å². The molecule has 6 nitrogen and oxygen atoms in total. The number of carbonyl (C=O) groups is 2. The summed E-state index contributed by atoms with van der Waals surface area (Å²) in [5, 5.41) is 16.3. The van der Waals surface area contributed by atoms with Crippen LogP contribution in [0.3, 0.4) is 0 Å². The number of thiophene rings is 1. The predicted octanol–water partition coefficient (Wildman–Crippen LogP) is 6.40. The number of amides is 1. The molecule has 0 unspecified atom stereocenters. The van der Waals surface area contributed by atoms with Crippen LogP contribution in [0.2, 0.25) is 0 Å². The molecule has 8 heteroatoms. The molecule has 0 aliphatic heterocycles. The summed E-state index contributed by atoms with van der Waals surface area (Å²) in [6.07, 6.45) is 6.65. The molecule has 6 rings (SSSR count). The summed E-state index contributed by atoms with van der Waals surface area (Å²) in [6, 6.07) is 0. The van der Waals surface area contributed by atoms with E-state index >= 15 is 0 Å². The number of aryl methyl sites for hydroxylation is 1. The zero-order chi connectivity index (χ0) is 22.4. The van der Waals surface area contributed by atoms with Gasteiger partial charge in [-0.2, -0.15) is 0 Å². The quantitative estimate of drug-likeness (QED) is 0.491. The molecule has 0 saturated heterocycles. The van der Waals surface area contributed by atoms with E-state index in [1.807, 2.05) is 12.3 Å². The molecule has 2 N–H and O–H groups in total. The lowest BCUT2D eigenvalue weighted by Crippen LogP contribution is -2.34. The summed E-state index contributed by atoms with van der Waals surface area (Å²) < 4.78 is 5.15. The largest absolute Gasteiger partial charge is 0.511 e. The predicted molar refractivity (Wildman–Crippen MR) is 126 cm³/mol. The second-order valence-electron chi connectivity index (χ2n) is 9.17. The Morgan fingerprint density at radius 1 is 1.22 bits per heavy atom. The van der Waals surface area contributed by atoms with Crippen molar-refractivity contribution in [3.63, 3.8) is 0 Å². The minimum atomic E-state index is -1.34. The lowest BCUT2D eigenvalue weighted by Gasteiger charge is -2.37. The van der Waals surface area contributed by atoms with Crippen LogP contribution >= 0.6 is 22.7 Å². The number of aromatic nitrogens is 1. The molecule has 1 fully saturated rings. The van der Waals surface area contributed by atoms with E-state index in [2.05, 4.69) is 12.2 Å². The van der Waals surface area contributed by atoms with Gasteiger partial charge in [0.15, 0.2) is 0 Å². The van der Waals surface area contributed by atoms with Gasteiger partial charge in [0.2, 0.25) is 0 Å². The molecule has 1 atom stereocenters. The molecule has 1 amide bonds. The number of carboxylic acid groups (broad SMARTS) is 1. The lowest BCUT2D eigenvalue weighted by molar-refractivity contribution is -0.114. The fraction of sp³-hybridized carbons (Fsp3) is 0.542. The van der Waals surface area contributed by atoms with Gasteiger partial charge in [0.05, 0.1) is 5.57 Å². The molecule has 0 radical (unpaired) electrons. The first-order valence-electron chi connectivity index (χ1n) is 11.5. The molecule has 2 heterocycles. The van der Waals surface area contributed by atoms with Gasteiger partial charge in [-0.15, -0.1) is 22.7 Å². The molecular weight excluding hydrogens is 444 g/mol. The molecule has 2 bridgehead atoms. The van der Waals surface area contributed by atoms with Crippen LogP contribution in [0.5, 0.6) is 0 Å². The topological polar surface area (TPSA) is 88.5 Å². The van der Waals surface area contributed by atoms with E-state index in [4.69, 9.17) is 9.72 Å². The average molecular weight is 473 g/mol. The molecule has 0 spiro atoms. The maximum absolute atomic E-state index is 13.5. The van der Waals surface area contributed by atoms with Crippen molar-refractivity contribution < 1.29 is 19.4 Å².